The lowest BCUT2D eigenvalue weighted by atomic mass is 9.95. The topological polar surface area (TPSA) is 19.0 Å². The fourth-order valence-corrected chi connectivity index (χ4v) is 3.09. The molecule has 2 heteroatoms. The predicted molar refractivity (Wildman–Crippen MR) is 72.2 cm³/mol. The summed E-state index contributed by atoms with van der Waals surface area (Å²) in [6.45, 7) is 5.84. The maximum atomic E-state index is 3.35. The van der Waals surface area contributed by atoms with Crippen LogP contribution in [0.5, 0.6) is 0 Å². The van der Waals surface area contributed by atoms with Crippen LogP contribution in [0.4, 0.5) is 0 Å². The molecule has 1 aromatic heterocycles. The number of hydrogen-bond donors (Lipinski definition) is 1. The number of nitrogens with one attached hydrogen (secondary N) is 1. The summed E-state index contributed by atoms with van der Waals surface area (Å²) in [6, 6.07) is 10.1. The predicted octanol–water partition coefficient (Wildman–Crippen LogP) is 3.19. The van der Waals surface area contributed by atoms with Gasteiger partial charge in [0, 0.05) is 35.7 Å². The third-order valence-electron chi connectivity index (χ3n) is 4.13. The van der Waals surface area contributed by atoms with Gasteiger partial charge in [-0.15, -0.1) is 0 Å². The average Bonchev–Trinajstić information content (AvgIpc) is 2.73. The highest BCUT2D eigenvalue weighted by Crippen LogP contribution is 2.26. The van der Waals surface area contributed by atoms with Crippen LogP contribution in [0.15, 0.2) is 30.5 Å². The molecule has 0 spiro atoms. The third kappa shape index (κ3) is 1.87. The van der Waals surface area contributed by atoms with Crippen LogP contribution in [0.25, 0.3) is 10.9 Å². The molecule has 0 radical (unpaired) electrons. The molecular formula is C15H20N2. The minimum absolute atomic E-state index is 0.773. The Morgan fingerprint density at radius 1 is 1.24 bits per heavy atom. The minimum Gasteiger partial charge on any atom is -0.361 e. The first kappa shape index (κ1) is 10.8. The van der Waals surface area contributed by atoms with Gasteiger partial charge in [-0.25, -0.2) is 0 Å². The van der Waals surface area contributed by atoms with Gasteiger partial charge in [0.05, 0.1) is 0 Å². The summed E-state index contributed by atoms with van der Waals surface area (Å²) in [5, 5.41) is 1.38. The number of fused-ring (bicyclic) bond motifs is 1. The Balaban J connectivity index is 1.73. The van der Waals surface area contributed by atoms with E-state index in [0.29, 0.717) is 0 Å². The van der Waals surface area contributed by atoms with E-state index in [9.17, 15) is 0 Å². The van der Waals surface area contributed by atoms with E-state index in [1.54, 1.807) is 0 Å². The summed E-state index contributed by atoms with van der Waals surface area (Å²) in [7, 11) is 0. The van der Waals surface area contributed by atoms with Crippen molar-refractivity contribution in [3.05, 3.63) is 36.0 Å². The summed E-state index contributed by atoms with van der Waals surface area (Å²) in [5.74, 6) is 0. The lowest BCUT2D eigenvalue weighted by molar-refractivity contribution is 0.0396. The molecule has 0 aliphatic carbocycles. The number of benzene rings is 1. The van der Waals surface area contributed by atoms with Crippen molar-refractivity contribution in [1.82, 2.24) is 9.88 Å². The summed E-state index contributed by atoms with van der Waals surface area (Å²) < 4.78 is 0. The lowest BCUT2D eigenvalue weighted by Crippen LogP contribution is -2.53. The molecule has 2 heterocycles. The summed E-state index contributed by atoms with van der Waals surface area (Å²) in [5.41, 5.74) is 2.71. The highest BCUT2D eigenvalue weighted by atomic mass is 15.2. The monoisotopic (exact) mass is 228 g/mol. The first-order valence-electron chi connectivity index (χ1n) is 6.56. The molecule has 1 fully saturated rings. The molecule has 2 aromatic rings. The molecule has 0 amide bonds. The number of H-pyrrole nitrogens is 1. The van der Waals surface area contributed by atoms with Crippen molar-refractivity contribution in [1.29, 1.82) is 0 Å². The molecule has 2 nitrogen and oxygen atoms in total. The zero-order chi connectivity index (χ0) is 11.8. The van der Waals surface area contributed by atoms with Gasteiger partial charge in [-0.3, -0.25) is 4.90 Å². The summed E-state index contributed by atoms with van der Waals surface area (Å²) >= 11 is 0. The molecule has 1 aromatic carbocycles. The Morgan fingerprint density at radius 3 is 2.76 bits per heavy atom. The van der Waals surface area contributed by atoms with Crippen molar-refractivity contribution in [2.75, 3.05) is 6.54 Å². The molecular weight excluding hydrogens is 208 g/mol. The fraction of sp³-hybridized carbons (Fsp3) is 0.467. The maximum absolute atomic E-state index is 3.35. The van der Waals surface area contributed by atoms with E-state index in [1.165, 1.54) is 29.4 Å². The molecule has 1 aliphatic heterocycles. The minimum atomic E-state index is 0.773. The van der Waals surface area contributed by atoms with Crippen LogP contribution in [0.3, 0.4) is 0 Å². The van der Waals surface area contributed by atoms with E-state index in [4.69, 9.17) is 0 Å². The first-order chi connectivity index (χ1) is 8.25. The van der Waals surface area contributed by atoms with Crippen molar-refractivity contribution < 1.29 is 0 Å². The standard InChI is InChI=1S/C15H20N2/c1-11-9-12(2)17(11)8-7-13-10-16-15-6-4-3-5-14(13)15/h3-6,10-12,16H,7-9H2,1-2H3. The van der Waals surface area contributed by atoms with E-state index in [2.05, 4.69) is 54.2 Å². The second kappa shape index (κ2) is 4.19. The van der Waals surface area contributed by atoms with E-state index in [-0.39, 0.29) is 0 Å². The number of aromatic amines is 1. The second-order valence-corrected chi connectivity index (χ2v) is 5.28. The van der Waals surface area contributed by atoms with Crippen LogP contribution in [0, 0.1) is 0 Å². The van der Waals surface area contributed by atoms with Crippen molar-refractivity contribution >= 4 is 10.9 Å². The quantitative estimate of drug-likeness (QED) is 0.854. The Hall–Kier alpha value is -1.28. The van der Waals surface area contributed by atoms with E-state index >= 15 is 0 Å². The number of nitrogens with zero attached hydrogens (tertiary/aromatic N) is 1. The van der Waals surface area contributed by atoms with Crippen LogP contribution in [-0.4, -0.2) is 28.5 Å². The van der Waals surface area contributed by atoms with Crippen molar-refractivity contribution in [3.8, 4) is 0 Å². The average molecular weight is 228 g/mol. The first-order valence-corrected chi connectivity index (χ1v) is 6.56. The normalized spacial score (nSPS) is 25.1. The van der Waals surface area contributed by atoms with Gasteiger partial charge in [-0.2, -0.15) is 0 Å². The van der Waals surface area contributed by atoms with Crippen LogP contribution < -0.4 is 0 Å². The van der Waals surface area contributed by atoms with Crippen LogP contribution in [-0.2, 0) is 6.42 Å². The summed E-state index contributed by atoms with van der Waals surface area (Å²) in [6.07, 6.45) is 4.67. The van der Waals surface area contributed by atoms with Gasteiger partial charge < -0.3 is 4.98 Å². The molecule has 1 aliphatic rings. The number of hydrogen-bond acceptors (Lipinski definition) is 1. The number of likely N-dealkylation sites (tertiary alicyclic amines) is 1. The van der Waals surface area contributed by atoms with Gasteiger partial charge in [-0.1, -0.05) is 18.2 Å². The SMILES string of the molecule is CC1CC(C)N1CCc1c[nH]c2ccccc12. The molecule has 90 valence electrons. The molecule has 1 N–H and O–H groups in total. The van der Waals surface area contributed by atoms with Crippen molar-refractivity contribution in [3.63, 3.8) is 0 Å². The molecule has 3 rings (SSSR count). The Morgan fingerprint density at radius 2 is 2.00 bits per heavy atom. The van der Waals surface area contributed by atoms with Crippen LogP contribution >= 0.6 is 0 Å². The van der Waals surface area contributed by atoms with Gasteiger partial charge in [-0.05, 0) is 38.3 Å². The van der Waals surface area contributed by atoms with E-state index < -0.39 is 0 Å². The van der Waals surface area contributed by atoms with Gasteiger partial charge in [0.2, 0.25) is 0 Å². The Labute approximate surface area is 103 Å². The van der Waals surface area contributed by atoms with Gasteiger partial charge >= 0.3 is 0 Å². The molecule has 2 atom stereocenters. The van der Waals surface area contributed by atoms with Gasteiger partial charge in [0.1, 0.15) is 0 Å². The second-order valence-electron chi connectivity index (χ2n) is 5.28. The zero-order valence-corrected chi connectivity index (χ0v) is 10.6. The third-order valence-corrected chi connectivity index (χ3v) is 4.13. The fourth-order valence-electron chi connectivity index (χ4n) is 3.09. The van der Waals surface area contributed by atoms with Gasteiger partial charge in [0.15, 0.2) is 0 Å². The molecule has 1 saturated heterocycles. The number of aromatic nitrogens is 1. The molecule has 2 unspecified atom stereocenters. The van der Waals surface area contributed by atoms with E-state index in [1.807, 2.05) is 0 Å². The summed E-state index contributed by atoms with van der Waals surface area (Å²) in [4.78, 5) is 5.95. The smallest absolute Gasteiger partial charge is 0.0456 e. The maximum Gasteiger partial charge on any atom is 0.0456 e. The van der Waals surface area contributed by atoms with Gasteiger partial charge in [0.25, 0.3) is 0 Å². The Kier molecular flexibility index (Phi) is 2.67. The highest BCUT2D eigenvalue weighted by molar-refractivity contribution is 5.83. The van der Waals surface area contributed by atoms with Crippen molar-refractivity contribution in [2.45, 2.75) is 38.8 Å². The van der Waals surface area contributed by atoms with Crippen molar-refractivity contribution in [2.24, 2.45) is 0 Å². The molecule has 0 bridgehead atoms. The van der Waals surface area contributed by atoms with Crippen LogP contribution in [0.2, 0.25) is 0 Å². The zero-order valence-electron chi connectivity index (χ0n) is 10.6. The lowest BCUT2D eigenvalue weighted by Gasteiger charge is -2.45. The largest absolute Gasteiger partial charge is 0.361 e. The Bertz CT molecular complexity index is 506. The number of rotatable bonds is 3. The highest BCUT2D eigenvalue weighted by Gasteiger charge is 2.30. The van der Waals surface area contributed by atoms with E-state index in [0.717, 1.165) is 18.5 Å². The molecule has 0 saturated carbocycles. The van der Waals surface area contributed by atoms with Crippen LogP contribution in [0.1, 0.15) is 25.8 Å². The molecule has 17 heavy (non-hydrogen) atoms. The number of para-hydroxylation sites is 1.